The Hall–Kier alpha value is -3.17. The molecule has 0 radical (unpaired) electrons. The highest BCUT2D eigenvalue weighted by Crippen LogP contribution is 2.13. The zero-order valence-electron chi connectivity index (χ0n) is 18.1. The minimum Gasteiger partial charge on any atom is -0.467 e. The van der Waals surface area contributed by atoms with Crippen molar-refractivity contribution in [1.82, 2.24) is 10.3 Å². The van der Waals surface area contributed by atoms with Crippen molar-refractivity contribution in [3.63, 3.8) is 0 Å². The molecule has 1 amide bonds. The summed E-state index contributed by atoms with van der Waals surface area (Å²) in [5.41, 5.74) is -0.658. The van der Waals surface area contributed by atoms with Crippen LogP contribution in [0, 0.1) is 0 Å². The van der Waals surface area contributed by atoms with Crippen LogP contribution < -0.4 is 5.32 Å². The Bertz CT molecular complexity index is 749. The average Bonchev–Trinajstić information content (AvgIpc) is 2.65. The summed E-state index contributed by atoms with van der Waals surface area (Å²) in [6.45, 7) is 8.53. The first-order valence-corrected chi connectivity index (χ1v) is 9.43. The molecule has 10 nitrogen and oxygen atoms in total. The second kappa shape index (κ2) is 11.1. The van der Waals surface area contributed by atoms with Crippen LogP contribution in [0.4, 0.5) is 4.79 Å². The fourth-order valence-electron chi connectivity index (χ4n) is 2.35. The lowest BCUT2D eigenvalue weighted by molar-refractivity contribution is -0.143. The number of hydrogen-bond acceptors (Lipinski definition) is 9. The second-order valence-electron chi connectivity index (χ2n) is 7.11. The maximum absolute atomic E-state index is 12.2. The van der Waals surface area contributed by atoms with Crippen LogP contribution in [0.1, 0.15) is 61.2 Å². The Balaban J connectivity index is 3.22. The molecule has 1 aromatic heterocycles. The minimum atomic E-state index is -1.13. The maximum atomic E-state index is 12.2. The molecule has 0 aliphatic heterocycles. The largest absolute Gasteiger partial charge is 0.467 e. The summed E-state index contributed by atoms with van der Waals surface area (Å²) in [4.78, 5) is 52.5. The van der Waals surface area contributed by atoms with Crippen molar-refractivity contribution < 1.29 is 38.1 Å². The van der Waals surface area contributed by atoms with Gasteiger partial charge in [-0.3, -0.25) is 0 Å². The number of nitrogens with one attached hydrogen (secondary N) is 1. The number of methoxy groups -OCH3 is 1. The lowest BCUT2D eigenvalue weighted by Gasteiger charge is -2.22. The third-order valence-corrected chi connectivity index (χ3v) is 3.47. The van der Waals surface area contributed by atoms with E-state index >= 15 is 0 Å². The smallest absolute Gasteiger partial charge is 0.408 e. The van der Waals surface area contributed by atoms with Crippen LogP contribution in [0.15, 0.2) is 12.1 Å². The molecular weight excluding hydrogens is 396 g/mol. The third kappa shape index (κ3) is 8.06. The van der Waals surface area contributed by atoms with Crippen molar-refractivity contribution in [2.75, 3.05) is 20.3 Å². The quantitative estimate of drug-likeness (QED) is 0.492. The van der Waals surface area contributed by atoms with Gasteiger partial charge in [0.1, 0.15) is 23.0 Å². The molecule has 0 aliphatic rings. The zero-order valence-corrected chi connectivity index (χ0v) is 18.1. The number of pyridine rings is 1. The molecule has 10 heteroatoms. The number of rotatable bonds is 8. The Kier molecular flexibility index (Phi) is 9.22. The Morgan fingerprint density at radius 2 is 1.50 bits per heavy atom. The van der Waals surface area contributed by atoms with E-state index in [1.807, 2.05) is 0 Å². The van der Waals surface area contributed by atoms with E-state index in [2.05, 4.69) is 10.3 Å². The van der Waals surface area contributed by atoms with E-state index in [0.29, 0.717) is 5.56 Å². The number of amides is 1. The first kappa shape index (κ1) is 24.9. The molecule has 166 valence electrons. The van der Waals surface area contributed by atoms with E-state index in [9.17, 15) is 19.2 Å². The molecule has 1 N–H and O–H groups in total. The number of ether oxygens (including phenoxy) is 4. The van der Waals surface area contributed by atoms with Crippen LogP contribution >= 0.6 is 0 Å². The van der Waals surface area contributed by atoms with Gasteiger partial charge in [0.05, 0.1) is 20.3 Å². The summed E-state index contributed by atoms with van der Waals surface area (Å²) >= 11 is 0. The fraction of sp³-hybridized carbons (Fsp3) is 0.550. The highest BCUT2D eigenvalue weighted by Gasteiger charge is 2.27. The molecule has 1 heterocycles. The zero-order chi connectivity index (χ0) is 22.9. The maximum Gasteiger partial charge on any atom is 0.408 e. The molecule has 1 rings (SSSR count). The molecule has 0 aromatic carbocycles. The van der Waals surface area contributed by atoms with Gasteiger partial charge in [-0.05, 0) is 52.3 Å². The first-order chi connectivity index (χ1) is 14.0. The van der Waals surface area contributed by atoms with Crippen molar-refractivity contribution >= 4 is 24.0 Å². The van der Waals surface area contributed by atoms with Crippen LogP contribution in [0.5, 0.6) is 0 Å². The van der Waals surface area contributed by atoms with Crippen molar-refractivity contribution in [2.45, 2.75) is 52.7 Å². The lowest BCUT2D eigenvalue weighted by atomic mass is 10.0. The predicted octanol–water partition coefficient (Wildman–Crippen LogP) is 2.04. The molecule has 0 bridgehead atoms. The van der Waals surface area contributed by atoms with E-state index in [1.165, 1.54) is 19.2 Å². The average molecular weight is 424 g/mol. The highest BCUT2D eigenvalue weighted by molar-refractivity contribution is 5.92. The Morgan fingerprint density at radius 3 is 1.90 bits per heavy atom. The molecule has 0 saturated heterocycles. The van der Waals surface area contributed by atoms with Gasteiger partial charge in [-0.15, -0.1) is 0 Å². The van der Waals surface area contributed by atoms with E-state index in [4.69, 9.17) is 18.9 Å². The highest BCUT2D eigenvalue weighted by atomic mass is 16.6. The number of aromatic nitrogens is 1. The van der Waals surface area contributed by atoms with Crippen LogP contribution in [-0.2, 0) is 30.2 Å². The van der Waals surface area contributed by atoms with Crippen LogP contribution in [0.25, 0.3) is 0 Å². The summed E-state index contributed by atoms with van der Waals surface area (Å²) in [6, 6.07) is 1.61. The fourth-order valence-corrected chi connectivity index (χ4v) is 2.35. The van der Waals surface area contributed by atoms with E-state index < -0.39 is 35.6 Å². The van der Waals surface area contributed by atoms with Crippen LogP contribution in [0.3, 0.4) is 0 Å². The number of hydrogen-bond donors (Lipinski definition) is 1. The topological polar surface area (TPSA) is 130 Å². The van der Waals surface area contributed by atoms with Gasteiger partial charge in [0.25, 0.3) is 0 Å². The van der Waals surface area contributed by atoms with Gasteiger partial charge in [-0.1, -0.05) is 0 Å². The van der Waals surface area contributed by atoms with Crippen LogP contribution in [-0.4, -0.2) is 61.0 Å². The number of nitrogens with zero attached hydrogens (tertiary/aromatic N) is 1. The van der Waals surface area contributed by atoms with Gasteiger partial charge >= 0.3 is 24.0 Å². The molecule has 0 spiro atoms. The summed E-state index contributed by atoms with van der Waals surface area (Å²) in [6.07, 6.45) is -0.907. The van der Waals surface area contributed by atoms with Gasteiger partial charge in [-0.25, -0.2) is 24.2 Å². The number of esters is 3. The second-order valence-corrected chi connectivity index (χ2v) is 7.11. The summed E-state index contributed by atoms with van der Waals surface area (Å²) in [5.74, 6) is -2.20. The molecule has 0 aliphatic carbocycles. The van der Waals surface area contributed by atoms with Gasteiger partial charge in [0, 0.05) is 6.42 Å². The normalized spacial score (nSPS) is 11.8. The molecule has 1 atom stereocenters. The molecular formula is C20H28N2O8. The third-order valence-electron chi connectivity index (χ3n) is 3.47. The molecule has 30 heavy (non-hydrogen) atoms. The van der Waals surface area contributed by atoms with Gasteiger partial charge in [0.15, 0.2) is 0 Å². The lowest BCUT2D eigenvalue weighted by Crippen LogP contribution is -2.45. The Morgan fingerprint density at radius 1 is 1.00 bits per heavy atom. The van der Waals surface area contributed by atoms with Gasteiger partial charge in [0.2, 0.25) is 0 Å². The minimum absolute atomic E-state index is 0.0900. The first-order valence-electron chi connectivity index (χ1n) is 9.43. The van der Waals surface area contributed by atoms with Gasteiger partial charge < -0.3 is 24.3 Å². The van der Waals surface area contributed by atoms with Crippen molar-refractivity contribution in [3.8, 4) is 0 Å². The summed E-state index contributed by atoms with van der Waals surface area (Å²) in [7, 11) is 1.17. The van der Waals surface area contributed by atoms with E-state index in [1.54, 1.807) is 34.6 Å². The molecule has 0 fully saturated rings. The van der Waals surface area contributed by atoms with Crippen molar-refractivity contribution in [3.05, 3.63) is 29.1 Å². The predicted molar refractivity (Wildman–Crippen MR) is 105 cm³/mol. The van der Waals surface area contributed by atoms with Crippen molar-refractivity contribution in [2.24, 2.45) is 0 Å². The monoisotopic (exact) mass is 424 g/mol. The SMILES string of the molecule is CCOC(=O)c1cc(C[C@H](NC(=O)OC(C)(C)C)C(=O)OC)cc(C(=O)OCC)n1. The van der Waals surface area contributed by atoms with Crippen molar-refractivity contribution in [1.29, 1.82) is 0 Å². The van der Waals surface area contributed by atoms with Gasteiger partial charge in [-0.2, -0.15) is 0 Å². The van der Waals surface area contributed by atoms with Crippen LogP contribution in [0.2, 0.25) is 0 Å². The Labute approximate surface area is 175 Å². The summed E-state index contributed by atoms with van der Waals surface area (Å²) < 4.78 is 19.8. The van der Waals surface area contributed by atoms with E-state index in [0.717, 1.165) is 0 Å². The standard InChI is InChI=1S/C20H28N2O8/c1-7-28-17(24)14-10-12(11-15(21-14)18(25)29-8-2)9-13(16(23)27-6)22-19(26)30-20(3,4)5/h10-11,13H,7-9H2,1-6H3,(H,22,26)/t13-/m0/s1. The number of carbonyl (C=O) groups is 4. The van der Waals surface area contributed by atoms with E-state index in [-0.39, 0.29) is 31.0 Å². The molecule has 1 aromatic rings. The molecule has 0 unspecified atom stereocenters. The summed E-state index contributed by atoms with van der Waals surface area (Å²) in [5, 5.41) is 2.43. The number of carbonyl (C=O) groups excluding carboxylic acids is 4. The number of alkyl carbamates (subject to hydrolysis) is 1. The molecule has 0 saturated carbocycles.